The molecule has 2 nitrogen and oxygen atoms in total. The van der Waals surface area contributed by atoms with Crippen LogP contribution in [0.1, 0.15) is 30.4 Å². The third-order valence-electron chi connectivity index (χ3n) is 2.71. The Hall–Kier alpha value is -0.860. The Morgan fingerprint density at radius 2 is 2.20 bits per heavy atom. The van der Waals surface area contributed by atoms with Gasteiger partial charge in [-0.2, -0.15) is 0 Å². The topological polar surface area (TPSA) is 35.2 Å². The number of rotatable bonds is 6. The molecule has 0 heterocycles. The molecule has 0 spiro atoms. The van der Waals surface area contributed by atoms with E-state index < -0.39 is 0 Å². The molecule has 0 fully saturated rings. The van der Waals surface area contributed by atoms with Crippen LogP contribution < -0.4 is 5.73 Å². The van der Waals surface area contributed by atoms with E-state index in [1.807, 2.05) is 0 Å². The summed E-state index contributed by atoms with van der Waals surface area (Å²) in [5.41, 5.74) is 8.29. The standard InChI is InChI=1S/C13H21NO/c1-11(6-8-14)13-5-3-4-12(10-13)7-9-15-2/h3-5,10-11H,6-9,14H2,1-2H3. The van der Waals surface area contributed by atoms with Gasteiger partial charge in [-0.15, -0.1) is 0 Å². The van der Waals surface area contributed by atoms with Crippen molar-refractivity contribution in [2.45, 2.75) is 25.7 Å². The molecule has 2 N–H and O–H groups in total. The minimum absolute atomic E-state index is 0.553. The summed E-state index contributed by atoms with van der Waals surface area (Å²) in [6.45, 7) is 3.76. The van der Waals surface area contributed by atoms with Crippen LogP contribution in [0.2, 0.25) is 0 Å². The van der Waals surface area contributed by atoms with E-state index in [9.17, 15) is 0 Å². The van der Waals surface area contributed by atoms with Crippen LogP contribution in [-0.4, -0.2) is 20.3 Å². The molecule has 15 heavy (non-hydrogen) atoms. The van der Waals surface area contributed by atoms with Crippen molar-refractivity contribution in [2.75, 3.05) is 20.3 Å². The van der Waals surface area contributed by atoms with Gasteiger partial charge in [-0.25, -0.2) is 0 Å². The van der Waals surface area contributed by atoms with Gasteiger partial charge in [-0.3, -0.25) is 0 Å². The molecule has 0 aliphatic heterocycles. The quantitative estimate of drug-likeness (QED) is 0.777. The second kappa shape index (κ2) is 6.59. The van der Waals surface area contributed by atoms with Crippen molar-refractivity contribution in [1.29, 1.82) is 0 Å². The largest absolute Gasteiger partial charge is 0.384 e. The molecule has 0 amide bonds. The smallest absolute Gasteiger partial charge is 0.0502 e. The lowest BCUT2D eigenvalue weighted by molar-refractivity contribution is 0.202. The average Bonchev–Trinajstić information content (AvgIpc) is 2.27. The molecule has 1 aromatic rings. The van der Waals surface area contributed by atoms with E-state index in [1.165, 1.54) is 11.1 Å². The molecule has 2 heteroatoms. The lowest BCUT2D eigenvalue weighted by Crippen LogP contribution is -2.05. The zero-order valence-electron chi connectivity index (χ0n) is 9.70. The first-order chi connectivity index (χ1) is 7.27. The first-order valence-corrected chi connectivity index (χ1v) is 5.55. The van der Waals surface area contributed by atoms with Crippen molar-refractivity contribution in [3.05, 3.63) is 35.4 Å². The molecular weight excluding hydrogens is 186 g/mol. The monoisotopic (exact) mass is 207 g/mol. The summed E-state index contributed by atoms with van der Waals surface area (Å²) in [5.74, 6) is 0.553. The maximum Gasteiger partial charge on any atom is 0.0502 e. The Morgan fingerprint density at radius 1 is 1.40 bits per heavy atom. The number of hydrogen-bond donors (Lipinski definition) is 1. The van der Waals surface area contributed by atoms with Gasteiger partial charge in [-0.05, 0) is 36.4 Å². The highest BCUT2D eigenvalue weighted by Gasteiger charge is 2.04. The highest BCUT2D eigenvalue weighted by atomic mass is 16.5. The summed E-state index contributed by atoms with van der Waals surface area (Å²) in [5, 5.41) is 0. The van der Waals surface area contributed by atoms with Gasteiger partial charge in [0, 0.05) is 7.11 Å². The molecule has 0 saturated carbocycles. The van der Waals surface area contributed by atoms with E-state index in [0.717, 1.165) is 26.0 Å². The summed E-state index contributed by atoms with van der Waals surface area (Å²) in [4.78, 5) is 0. The predicted octanol–water partition coefficient (Wildman–Crippen LogP) is 2.33. The second-order valence-corrected chi connectivity index (χ2v) is 3.97. The summed E-state index contributed by atoms with van der Waals surface area (Å²) in [6, 6.07) is 8.71. The lowest BCUT2D eigenvalue weighted by atomic mass is 9.95. The summed E-state index contributed by atoms with van der Waals surface area (Å²) < 4.78 is 5.07. The Balaban J connectivity index is 2.64. The van der Waals surface area contributed by atoms with Crippen molar-refractivity contribution in [1.82, 2.24) is 0 Å². The van der Waals surface area contributed by atoms with Gasteiger partial charge in [0.1, 0.15) is 0 Å². The van der Waals surface area contributed by atoms with Crippen molar-refractivity contribution >= 4 is 0 Å². The van der Waals surface area contributed by atoms with E-state index in [4.69, 9.17) is 10.5 Å². The van der Waals surface area contributed by atoms with Gasteiger partial charge in [0.05, 0.1) is 6.61 Å². The first kappa shape index (κ1) is 12.2. The molecule has 84 valence electrons. The molecule has 0 saturated heterocycles. The molecule has 1 rings (SSSR count). The molecule has 0 bridgehead atoms. The Kier molecular flexibility index (Phi) is 5.37. The minimum Gasteiger partial charge on any atom is -0.384 e. The zero-order valence-corrected chi connectivity index (χ0v) is 9.70. The third-order valence-corrected chi connectivity index (χ3v) is 2.71. The molecule has 0 radical (unpaired) electrons. The van der Waals surface area contributed by atoms with Crippen LogP contribution in [0.15, 0.2) is 24.3 Å². The molecular formula is C13H21NO. The fraction of sp³-hybridized carbons (Fsp3) is 0.538. The van der Waals surface area contributed by atoms with Crippen molar-refractivity contribution in [3.8, 4) is 0 Å². The molecule has 1 atom stereocenters. The van der Waals surface area contributed by atoms with Gasteiger partial charge >= 0.3 is 0 Å². The van der Waals surface area contributed by atoms with Crippen molar-refractivity contribution in [2.24, 2.45) is 5.73 Å². The number of ether oxygens (including phenoxy) is 1. The van der Waals surface area contributed by atoms with Gasteiger partial charge in [-0.1, -0.05) is 31.2 Å². The van der Waals surface area contributed by atoms with Gasteiger partial charge < -0.3 is 10.5 Å². The highest BCUT2D eigenvalue weighted by Crippen LogP contribution is 2.19. The number of hydrogen-bond acceptors (Lipinski definition) is 2. The minimum atomic E-state index is 0.553. The number of benzene rings is 1. The van der Waals surface area contributed by atoms with Crippen LogP contribution in [0.4, 0.5) is 0 Å². The molecule has 0 aromatic heterocycles. The van der Waals surface area contributed by atoms with Crippen LogP contribution in [0.3, 0.4) is 0 Å². The Labute approximate surface area is 92.4 Å². The van der Waals surface area contributed by atoms with E-state index in [1.54, 1.807) is 7.11 Å². The first-order valence-electron chi connectivity index (χ1n) is 5.55. The third kappa shape index (κ3) is 4.02. The van der Waals surface area contributed by atoms with E-state index in [-0.39, 0.29) is 0 Å². The fourth-order valence-corrected chi connectivity index (χ4v) is 1.69. The van der Waals surface area contributed by atoms with E-state index in [0.29, 0.717) is 5.92 Å². The molecule has 0 aliphatic rings. The SMILES string of the molecule is COCCc1cccc(C(C)CCN)c1. The van der Waals surface area contributed by atoms with Crippen molar-refractivity contribution < 1.29 is 4.74 Å². The Bertz CT molecular complexity index is 286. The molecule has 1 unspecified atom stereocenters. The van der Waals surface area contributed by atoms with Crippen LogP contribution >= 0.6 is 0 Å². The molecule has 1 aromatic carbocycles. The maximum absolute atomic E-state index is 5.57. The van der Waals surface area contributed by atoms with Crippen molar-refractivity contribution in [3.63, 3.8) is 0 Å². The predicted molar refractivity (Wildman–Crippen MR) is 64.1 cm³/mol. The van der Waals surface area contributed by atoms with Gasteiger partial charge in [0.15, 0.2) is 0 Å². The van der Waals surface area contributed by atoms with E-state index in [2.05, 4.69) is 31.2 Å². The van der Waals surface area contributed by atoms with Gasteiger partial charge in [0.2, 0.25) is 0 Å². The average molecular weight is 207 g/mol. The van der Waals surface area contributed by atoms with Gasteiger partial charge in [0.25, 0.3) is 0 Å². The second-order valence-electron chi connectivity index (χ2n) is 3.97. The molecule has 0 aliphatic carbocycles. The van der Waals surface area contributed by atoms with Crippen LogP contribution in [-0.2, 0) is 11.2 Å². The van der Waals surface area contributed by atoms with Crippen LogP contribution in [0.5, 0.6) is 0 Å². The lowest BCUT2D eigenvalue weighted by Gasteiger charge is -2.11. The van der Waals surface area contributed by atoms with Crippen LogP contribution in [0.25, 0.3) is 0 Å². The highest BCUT2D eigenvalue weighted by molar-refractivity contribution is 5.26. The fourth-order valence-electron chi connectivity index (χ4n) is 1.69. The summed E-state index contributed by atoms with van der Waals surface area (Å²) in [7, 11) is 1.74. The Morgan fingerprint density at radius 3 is 2.87 bits per heavy atom. The number of nitrogens with two attached hydrogens (primary N) is 1. The van der Waals surface area contributed by atoms with E-state index >= 15 is 0 Å². The maximum atomic E-state index is 5.57. The summed E-state index contributed by atoms with van der Waals surface area (Å²) >= 11 is 0. The zero-order chi connectivity index (χ0) is 11.1. The van der Waals surface area contributed by atoms with Crippen LogP contribution in [0, 0.1) is 0 Å². The summed E-state index contributed by atoms with van der Waals surface area (Å²) in [6.07, 6.45) is 2.04. The number of methoxy groups -OCH3 is 1. The normalized spacial score (nSPS) is 12.7.